The zero-order valence-electron chi connectivity index (χ0n) is 11.0. The van der Waals surface area contributed by atoms with Gasteiger partial charge in [-0.2, -0.15) is 11.8 Å². The van der Waals surface area contributed by atoms with E-state index in [0.29, 0.717) is 0 Å². The molecule has 7 heteroatoms. The van der Waals surface area contributed by atoms with E-state index in [2.05, 4.69) is 5.32 Å². The third-order valence-corrected chi connectivity index (χ3v) is 3.40. The Morgan fingerprint density at radius 3 is 2.63 bits per heavy atom. The molecule has 1 aromatic carbocycles. The summed E-state index contributed by atoms with van der Waals surface area (Å²) in [4.78, 5) is 22.9. The van der Waals surface area contributed by atoms with E-state index in [1.807, 2.05) is 13.2 Å². The number of nitrogens with one attached hydrogen (secondary N) is 1. The van der Waals surface area contributed by atoms with Crippen molar-refractivity contribution in [2.24, 2.45) is 0 Å². The van der Waals surface area contributed by atoms with Gasteiger partial charge in [0.05, 0.1) is 16.6 Å². The minimum absolute atomic E-state index is 0. The Morgan fingerprint density at radius 2 is 2.11 bits per heavy atom. The van der Waals surface area contributed by atoms with Gasteiger partial charge in [-0.25, -0.2) is 0 Å². The molecule has 1 atom stereocenters. The van der Waals surface area contributed by atoms with Crippen LogP contribution in [0, 0.1) is 0 Å². The van der Waals surface area contributed by atoms with Crippen LogP contribution in [0.2, 0.25) is 5.02 Å². The summed E-state index contributed by atoms with van der Waals surface area (Å²) in [6, 6.07) is 4.17. The number of thioether (sulfide) groups is 1. The van der Waals surface area contributed by atoms with Gasteiger partial charge in [-0.15, -0.1) is 0 Å². The second-order valence-corrected chi connectivity index (χ2v) is 5.10. The van der Waals surface area contributed by atoms with Crippen LogP contribution in [0.15, 0.2) is 18.2 Å². The maximum atomic E-state index is 12.0. The molecule has 0 heterocycles. The van der Waals surface area contributed by atoms with Gasteiger partial charge in [0, 0.05) is 36.2 Å². The molecule has 0 aliphatic heterocycles. The van der Waals surface area contributed by atoms with E-state index in [0.717, 1.165) is 5.75 Å². The number of rotatable bonds is 5. The second kappa shape index (κ2) is 8.54. The molecule has 0 spiro atoms. The van der Waals surface area contributed by atoms with Crippen molar-refractivity contribution in [3.63, 3.8) is 0 Å². The molecule has 0 fully saturated rings. The molecule has 1 amide bonds. The van der Waals surface area contributed by atoms with Crippen molar-refractivity contribution in [3.8, 4) is 0 Å². The molecule has 99 valence electrons. The van der Waals surface area contributed by atoms with Crippen LogP contribution in [0.5, 0.6) is 0 Å². The van der Waals surface area contributed by atoms with Gasteiger partial charge < -0.3 is 15.2 Å². The fraction of sp³-hybridized carbons (Fsp3) is 0.333. The van der Waals surface area contributed by atoms with Crippen LogP contribution in [0.1, 0.15) is 27.6 Å². The van der Waals surface area contributed by atoms with Crippen LogP contribution >= 0.6 is 23.4 Å². The van der Waals surface area contributed by atoms with Crippen molar-refractivity contribution < 1.29 is 14.7 Å². The Hall–Kier alpha value is -0.603. The first kappa shape index (κ1) is 18.4. The van der Waals surface area contributed by atoms with Crippen molar-refractivity contribution in [2.45, 2.75) is 13.0 Å². The number of aromatic carboxylic acids is 1. The second-order valence-electron chi connectivity index (χ2n) is 3.78. The van der Waals surface area contributed by atoms with E-state index < -0.39 is 11.9 Å². The van der Waals surface area contributed by atoms with Crippen molar-refractivity contribution in [3.05, 3.63) is 34.3 Å². The number of carboxylic acids is 1. The number of carbonyl (C=O) groups excluding carboxylic acids is 2. The predicted molar refractivity (Wildman–Crippen MR) is 76.8 cm³/mol. The first-order valence-electron chi connectivity index (χ1n) is 5.27. The SMILES string of the molecule is CSC[C@H](C)NC(=O)c1c(Cl)cccc1C(=O)[O-].[Li]. The van der Waals surface area contributed by atoms with Gasteiger partial charge in [0.15, 0.2) is 0 Å². The summed E-state index contributed by atoms with van der Waals surface area (Å²) in [6.07, 6.45) is 1.92. The Morgan fingerprint density at radius 1 is 1.47 bits per heavy atom. The number of carboxylic acid groups (broad SMARTS) is 1. The predicted octanol–water partition coefficient (Wildman–Crippen LogP) is 0.804. The summed E-state index contributed by atoms with van der Waals surface area (Å²) in [5, 5.41) is 13.7. The van der Waals surface area contributed by atoms with Gasteiger partial charge in [-0.1, -0.05) is 23.7 Å². The smallest absolute Gasteiger partial charge is 0.253 e. The van der Waals surface area contributed by atoms with E-state index in [-0.39, 0.29) is 41.1 Å². The number of benzene rings is 1. The van der Waals surface area contributed by atoms with E-state index >= 15 is 0 Å². The largest absolute Gasteiger partial charge is 0.545 e. The van der Waals surface area contributed by atoms with E-state index in [1.165, 1.54) is 18.2 Å². The van der Waals surface area contributed by atoms with Crippen molar-refractivity contribution in [2.75, 3.05) is 12.0 Å². The fourth-order valence-electron chi connectivity index (χ4n) is 1.51. The summed E-state index contributed by atoms with van der Waals surface area (Å²) >= 11 is 7.46. The number of carbonyl (C=O) groups is 2. The molecule has 0 aromatic heterocycles. The number of hydrogen-bond acceptors (Lipinski definition) is 4. The maximum Gasteiger partial charge on any atom is 0.253 e. The quantitative estimate of drug-likeness (QED) is 0.816. The molecule has 0 bridgehead atoms. The molecule has 0 aliphatic rings. The summed E-state index contributed by atoms with van der Waals surface area (Å²) in [5.74, 6) is -1.18. The Bertz CT molecular complexity index is 470. The molecule has 1 N–H and O–H groups in total. The standard InChI is InChI=1S/C12H14ClNO3S.Li/c1-7(6-18-2)14-11(15)10-8(12(16)17)4-3-5-9(10)13;/h3-5,7H,6H2,1-2H3,(H,14,15)(H,16,17);/p-1/t7-;/m0./s1. The summed E-state index contributed by atoms with van der Waals surface area (Å²) in [5.41, 5.74) is -0.247. The summed E-state index contributed by atoms with van der Waals surface area (Å²) < 4.78 is 0. The zero-order valence-corrected chi connectivity index (χ0v) is 12.6. The number of halogens is 1. The minimum Gasteiger partial charge on any atom is -0.545 e. The molecule has 1 radical (unpaired) electrons. The Balaban J connectivity index is 0.00000324. The molecule has 19 heavy (non-hydrogen) atoms. The average molecular weight is 294 g/mol. The van der Waals surface area contributed by atoms with Gasteiger partial charge in [0.2, 0.25) is 0 Å². The van der Waals surface area contributed by atoms with Crippen LogP contribution < -0.4 is 10.4 Å². The van der Waals surface area contributed by atoms with Gasteiger partial charge in [0.25, 0.3) is 5.91 Å². The monoisotopic (exact) mass is 293 g/mol. The first-order chi connectivity index (χ1) is 8.47. The molecular formula is C12H13ClLiNO3S-. The Kier molecular flexibility index (Phi) is 8.27. The zero-order chi connectivity index (χ0) is 13.7. The number of amides is 1. The molecule has 0 unspecified atom stereocenters. The summed E-state index contributed by atoms with van der Waals surface area (Å²) in [6.45, 7) is 1.84. The molecule has 0 aliphatic carbocycles. The van der Waals surface area contributed by atoms with E-state index in [1.54, 1.807) is 11.8 Å². The van der Waals surface area contributed by atoms with Crippen LogP contribution in [0.25, 0.3) is 0 Å². The third-order valence-electron chi connectivity index (χ3n) is 2.25. The van der Waals surface area contributed by atoms with Crippen molar-refractivity contribution in [1.29, 1.82) is 0 Å². The molecule has 0 saturated heterocycles. The first-order valence-corrected chi connectivity index (χ1v) is 7.04. The van der Waals surface area contributed by atoms with Gasteiger partial charge in [-0.3, -0.25) is 4.79 Å². The van der Waals surface area contributed by atoms with E-state index in [4.69, 9.17) is 11.6 Å². The third kappa shape index (κ3) is 5.11. The van der Waals surface area contributed by atoms with Crippen LogP contribution in [0.4, 0.5) is 0 Å². The molecular weight excluding hydrogens is 281 g/mol. The fourth-order valence-corrected chi connectivity index (χ4v) is 2.36. The van der Waals surface area contributed by atoms with Crippen LogP contribution in [-0.2, 0) is 0 Å². The molecule has 4 nitrogen and oxygen atoms in total. The maximum absolute atomic E-state index is 12.0. The molecule has 0 saturated carbocycles. The topological polar surface area (TPSA) is 69.2 Å². The van der Waals surface area contributed by atoms with Crippen molar-refractivity contribution >= 4 is 54.1 Å². The molecule has 1 rings (SSSR count). The van der Waals surface area contributed by atoms with Crippen LogP contribution in [0.3, 0.4) is 0 Å². The van der Waals surface area contributed by atoms with Crippen molar-refractivity contribution in [1.82, 2.24) is 5.32 Å². The van der Waals surface area contributed by atoms with Crippen LogP contribution in [-0.4, -0.2) is 48.8 Å². The van der Waals surface area contributed by atoms with Gasteiger partial charge in [0.1, 0.15) is 0 Å². The van der Waals surface area contributed by atoms with E-state index in [9.17, 15) is 14.7 Å². The minimum atomic E-state index is -1.42. The Labute approximate surface area is 133 Å². The normalized spacial score (nSPS) is 11.3. The van der Waals surface area contributed by atoms with Gasteiger partial charge >= 0.3 is 0 Å². The summed E-state index contributed by atoms with van der Waals surface area (Å²) in [7, 11) is 0. The average Bonchev–Trinajstić information content (AvgIpc) is 2.28. The molecule has 1 aromatic rings. The number of hydrogen-bond donors (Lipinski definition) is 1. The van der Waals surface area contributed by atoms with Gasteiger partial charge in [-0.05, 0) is 19.2 Å².